The lowest BCUT2D eigenvalue weighted by Crippen LogP contribution is -2.58. The summed E-state index contributed by atoms with van der Waals surface area (Å²) < 4.78 is 93.3. The van der Waals surface area contributed by atoms with Gasteiger partial charge in [-0.1, -0.05) is 49.3 Å². The number of amides is 5. The van der Waals surface area contributed by atoms with Crippen LogP contribution in [-0.2, 0) is 58.9 Å². The maximum atomic E-state index is 14.5. The molecule has 3 heterocycles. The van der Waals surface area contributed by atoms with Gasteiger partial charge in [0.05, 0.1) is 24.4 Å². The third-order valence-corrected chi connectivity index (χ3v) is 11.9. The van der Waals surface area contributed by atoms with Gasteiger partial charge in [0.25, 0.3) is 5.91 Å². The number of hydrogen-bond acceptors (Lipinski definition) is 9. The van der Waals surface area contributed by atoms with E-state index in [1.165, 1.54) is 17.0 Å². The molecule has 0 bridgehead atoms. The Bertz CT molecular complexity index is 2110. The van der Waals surface area contributed by atoms with Crippen molar-refractivity contribution in [1.82, 2.24) is 25.2 Å². The molecule has 6 rings (SSSR count). The Labute approximate surface area is 339 Å². The van der Waals surface area contributed by atoms with Crippen molar-refractivity contribution in [2.75, 3.05) is 6.54 Å². The number of fused-ring (bicyclic) bond motifs is 3. The summed E-state index contributed by atoms with van der Waals surface area (Å²) in [6.45, 7) is 4.69. The largest absolute Gasteiger partial charge is 0.444 e. The summed E-state index contributed by atoms with van der Waals surface area (Å²) >= 11 is 0. The fourth-order valence-electron chi connectivity index (χ4n) is 7.62. The van der Waals surface area contributed by atoms with Crippen LogP contribution in [0.2, 0.25) is 0 Å². The first-order valence-electron chi connectivity index (χ1n) is 19.4. The Balaban J connectivity index is 1.24. The molecule has 59 heavy (non-hydrogen) atoms. The van der Waals surface area contributed by atoms with Crippen molar-refractivity contribution in [3.05, 3.63) is 82.7 Å². The number of rotatable bonds is 6. The third-order valence-electron chi connectivity index (χ3n) is 10.7. The van der Waals surface area contributed by atoms with E-state index in [1.54, 1.807) is 32.9 Å². The zero-order chi connectivity index (χ0) is 42.9. The lowest BCUT2D eigenvalue weighted by molar-refractivity contribution is -0.141. The first-order valence-corrected chi connectivity index (χ1v) is 21.0. The minimum atomic E-state index is -4.64. The molecule has 0 unspecified atom stereocenters. The van der Waals surface area contributed by atoms with Gasteiger partial charge in [0.1, 0.15) is 35.1 Å². The zero-order valence-corrected chi connectivity index (χ0v) is 33.6. The van der Waals surface area contributed by atoms with Crippen LogP contribution in [0.1, 0.15) is 88.0 Å². The van der Waals surface area contributed by atoms with Crippen LogP contribution < -0.4 is 15.4 Å². The number of hydrogen-bond donors (Lipinski definition) is 3. The van der Waals surface area contributed by atoms with Crippen molar-refractivity contribution in [2.45, 2.75) is 120 Å². The number of halogens is 4. The van der Waals surface area contributed by atoms with Gasteiger partial charge in [0.2, 0.25) is 21.8 Å². The zero-order valence-electron chi connectivity index (χ0n) is 32.8. The summed E-state index contributed by atoms with van der Waals surface area (Å²) in [5.74, 6) is -4.58. The number of carbonyl (C=O) groups excluding carboxylic acids is 5. The van der Waals surface area contributed by atoms with E-state index in [4.69, 9.17) is 9.47 Å². The standard InChI is InChI=1S/C40H47F4N5O9S/c1-38(2,3)58-36(53)45-31-13-8-6-4-5-7-11-27-19-39(27,35(52)47-59(55,56)23-24-14-16-26(17-15-24)40(42,43)44)46-33(50)32-18-28(21-49(32)34(31)51)57-37(54)48-20-25-10-9-12-30(41)29(25)22-48/h7,9-12,14-17,27-28,31-32H,4-6,8,13,18-23H2,1-3H3,(H,45,53)(H,46,50)(H,47,52)/b11-7-/t27-,28-,31+,32+,39-/m1/s1. The van der Waals surface area contributed by atoms with Gasteiger partial charge >= 0.3 is 18.4 Å². The second kappa shape index (κ2) is 16.8. The van der Waals surface area contributed by atoms with Crippen LogP contribution in [0, 0.1) is 11.7 Å². The highest BCUT2D eigenvalue weighted by Crippen LogP contribution is 2.46. The van der Waals surface area contributed by atoms with E-state index >= 15 is 0 Å². The maximum absolute atomic E-state index is 14.5. The molecule has 2 fully saturated rings. The number of nitrogens with one attached hydrogen (secondary N) is 3. The molecule has 3 aliphatic heterocycles. The van der Waals surface area contributed by atoms with Gasteiger partial charge in [-0.2, -0.15) is 13.2 Å². The number of allylic oxidation sites excluding steroid dienone is 1. The molecular formula is C40H47F4N5O9S. The molecule has 320 valence electrons. The molecule has 5 atom stereocenters. The monoisotopic (exact) mass is 849 g/mol. The quantitative estimate of drug-likeness (QED) is 0.260. The third kappa shape index (κ3) is 10.5. The Morgan fingerprint density at radius 3 is 2.41 bits per heavy atom. The van der Waals surface area contributed by atoms with Gasteiger partial charge in [-0.3, -0.25) is 24.0 Å². The molecule has 19 heteroatoms. The summed E-state index contributed by atoms with van der Waals surface area (Å²) in [6.07, 6.45) is -1.56. The van der Waals surface area contributed by atoms with Crippen LogP contribution in [0.25, 0.3) is 0 Å². The van der Waals surface area contributed by atoms with Gasteiger partial charge in [0.15, 0.2) is 0 Å². The first-order chi connectivity index (χ1) is 27.6. The normalized spacial score (nSPS) is 25.6. The number of alkyl carbamates (subject to hydrolysis) is 1. The molecule has 4 aliphatic rings. The van der Waals surface area contributed by atoms with Crippen LogP contribution in [0.5, 0.6) is 0 Å². The molecule has 0 radical (unpaired) electrons. The van der Waals surface area contributed by atoms with Crippen molar-refractivity contribution < 1.29 is 59.4 Å². The van der Waals surface area contributed by atoms with Crippen LogP contribution >= 0.6 is 0 Å². The minimum absolute atomic E-state index is 0.00907. The molecule has 2 aromatic carbocycles. The molecule has 2 aromatic rings. The predicted molar refractivity (Wildman–Crippen MR) is 203 cm³/mol. The van der Waals surface area contributed by atoms with Gasteiger partial charge in [0, 0.05) is 24.4 Å². The van der Waals surface area contributed by atoms with E-state index in [0.717, 1.165) is 29.2 Å². The Hall–Kier alpha value is -5.20. The fourth-order valence-corrected chi connectivity index (χ4v) is 8.79. The fraction of sp³-hybridized carbons (Fsp3) is 0.525. The summed E-state index contributed by atoms with van der Waals surface area (Å²) in [6, 6.07) is 5.40. The number of alkyl halides is 3. The molecular weight excluding hydrogens is 803 g/mol. The number of ether oxygens (including phenoxy) is 2. The summed E-state index contributed by atoms with van der Waals surface area (Å²) in [7, 11) is -4.50. The number of nitrogens with zero attached hydrogens (tertiary/aromatic N) is 2. The van der Waals surface area contributed by atoms with Crippen LogP contribution in [0.4, 0.5) is 27.2 Å². The van der Waals surface area contributed by atoms with Crippen LogP contribution in [0.3, 0.4) is 0 Å². The van der Waals surface area contributed by atoms with E-state index in [2.05, 4.69) is 10.6 Å². The SMILES string of the molecule is CC(C)(C)OC(=O)N[C@H]1CCCCC/C=C\[C@@H]2C[C@@]2(C(=O)NS(=O)(=O)Cc2ccc(C(F)(F)F)cc2)NC(=O)[C@@H]2C[C@@H](OC(=O)N3Cc4cccc(F)c4C3)CN2C1=O. The van der Waals surface area contributed by atoms with E-state index in [9.17, 15) is 50.0 Å². The molecule has 14 nitrogen and oxygen atoms in total. The first kappa shape index (κ1) is 43.4. The maximum Gasteiger partial charge on any atom is 0.416 e. The lowest BCUT2D eigenvalue weighted by atomic mass is 10.0. The average Bonchev–Trinajstić information content (AvgIpc) is 3.42. The topological polar surface area (TPSA) is 181 Å². The van der Waals surface area contributed by atoms with E-state index in [0.29, 0.717) is 36.8 Å². The predicted octanol–water partition coefficient (Wildman–Crippen LogP) is 5.20. The highest BCUT2D eigenvalue weighted by atomic mass is 32.2. The molecule has 1 saturated heterocycles. The summed E-state index contributed by atoms with van der Waals surface area (Å²) in [5.41, 5.74) is -2.74. The van der Waals surface area contributed by atoms with E-state index in [-0.39, 0.29) is 44.5 Å². The Kier molecular flexibility index (Phi) is 12.4. The van der Waals surface area contributed by atoms with Gasteiger partial charge in [-0.05, 0) is 75.8 Å². The van der Waals surface area contributed by atoms with Gasteiger partial charge in [-0.15, -0.1) is 0 Å². The van der Waals surface area contributed by atoms with Gasteiger partial charge < -0.3 is 25.0 Å². The minimum Gasteiger partial charge on any atom is -0.444 e. The van der Waals surface area contributed by atoms with Gasteiger partial charge in [-0.25, -0.2) is 22.4 Å². The Morgan fingerprint density at radius 2 is 1.73 bits per heavy atom. The number of benzene rings is 2. The lowest BCUT2D eigenvalue weighted by Gasteiger charge is -2.30. The highest BCUT2D eigenvalue weighted by molar-refractivity contribution is 7.89. The molecule has 1 saturated carbocycles. The molecule has 1 aliphatic carbocycles. The van der Waals surface area contributed by atoms with Crippen LogP contribution in [0.15, 0.2) is 54.6 Å². The van der Waals surface area contributed by atoms with E-state index < -0.39 is 98.5 Å². The number of carbonyl (C=O) groups is 5. The molecule has 3 N–H and O–H groups in total. The highest BCUT2D eigenvalue weighted by Gasteiger charge is 2.61. The molecule has 0 aromatic heterocycles. The van der Waals surface area contributed by atoms with Crippen molar-refractivity contribution >= 4 is 39.9 Å². The van der Waals surface area contributed by atoms with Crippen molar-refractivity contribution in [2.24, 2.45) is 5.92 Å². The Morgan fingerprint density at radius 1 is 1.00 bits per heavy atom. The van der Waals surface area contributed by atoms with Crippen LogP contribution in [-0.4, -0.2) is 84.0 Å². The molecule has 0 spiro atoms. The van der Waals surface area contributed by atoms with Crippen molar-refractivity contribution in [3.8, 4) is 0 Å². The van der Waals surface area contributed by atoms with Crippen molar-refractivity contribution in [3.63, 3.8) is 0 Å². The van der Waals surface area contributed by atoms with Crippen molar-refractivity contribution in [1.29, 1.82) is 0 Å². The average molecular weight is 850 g/mol. The summed E-state index contributed by atoms with van der Waals surface area (Å²) in [5, 5.41) is 5.31. The smallest absolute Gasteiger partial charge is 0.416 e. The van der Waals surface area contributed by atoms with E-state index in [1.807, 2.05) is 10.8 Å². The second-order valence-corrected chi connectivity index (χ2v) is 18.1. The number of sulfonamides is 1. The second-order valence-electron chi connectivity index (χ2n) is 16.4. The molecule has 5 amide bonds. The summed E-state index contributed by atoms with van der Waals surface area (Å²) in [4.78, 5) is 71.4.